The van der Waals surface area contributed by atoms with Crippen LogP contribution in [0.1, 0.15) is 35.7 Å². The predicted octanol–water partition coefficient (Wildman–Crippen LogP) is 3.67. The number of benzene rings is 2. The van der Waals surface area contributed by atoms with Crippen molar-refractivity contribution in [1.82, 2.24) is 15.1 Å². The van der Waals surface area contributed by atoms with Gasteiger partial charge in [-0.1, -0.05) is 43.3 Å². The zero-order valence-electron chi connectivity index (χ0n) is 17.3. The Morgan fingerprint density at radius 1 is 0.964 bits per heavy atom. The Morgan fingerprint density at radius 2 is 1.68 bits per heavy atom. The van der Waals surface area contributed by atoms with Gasteiger partial charge in [0.05, 0.1) is 0 Å². The van der Waals surface area contributed by atoms with Crippen molar-refractivity contribution in [3.8, 4) is 11.1 Å². The first-order chi connectivity index (χ1) is 13.7. The van der Waals surface area contributed by atoms with E-state index < -0.39 is 0 Å². The molecule has 1 N–H and O–H groups in total. The fourth-order valence-corrected chi connectivity index (χ4v) is 3.75. The maximum atomic E-state index is 12.4. The van der Waals surface area contributed by atoms with Crippen LogP contribution in [-0.2, 0) is 6.42 Å². The largest absolute Gasteiger partial charge is 0.352 e. The normalized spacial score (nSPS) is 15.5. The molecule has 4 heteroatoms. The molecule has 1 aliphatic heterocycles. The van der Waals surface area contributed by atoms with E-state index in [-0.39, 0.29) is 5.91 Å². The van der Waals surface area contributed by atoms with Gasteiger partial charge in [-0.25, -0.2) is 0 Å². The molecule has 0 spiro atoms. The Labute approximate surface area is 169 Å². The van der Waals surface area contributed by atoms with Crippen LogP contribution in [0.3, 0.4) is 0 Å². The van der Waals surface area contributed by atoms with Gasteiger partial charge < -0.3 is 15.1 Å². The number of aryl methyl sites for hydroxylation is 1. The van der Waals surface area contributed by atoms with E-state index in [2.05, 4.69) is 65.5 Å². The van der Waals surface area contributed by atoms with Gasteiger partial charge in [-0.05, 0) is 61.7 Å². The van der Waals surface area contributed by atoms with Crippen molar-refractivity contribution in [2.24, 2.45) is 0 Å². The molecule has 0 atom stereocenters. The lowest BCUT2D eigenvalue weighted by Crippen LogP contribution is -2.44. The molecule has 28 heavy (non-hydrogen) atoms. The quantitative estimate of drug-likeness (QED) is 0.711. The highest BCUT2D eigenvalue weighted by Gasteiger charge is 2.13. The number of amides is 1. The maximum absolute atomic E-state index is 12.4. The van der Waals surface area contributed by atoms with Crippen molar-refractivity contribution in [2.75, 3.05) is 46.3 Å². The molecule has 0 unspecified atom stereocenters. The predicted molar refractivity (Wildman–Crippen MR) is 117 cm³/mol. The van der Waals surface area contributed by atoms with Gasteiger partial charge in [0.15, 0.2) is 0 Å². The number of piperazine rings is 1. The summed E-state index contributed by atoms with van der Waals surface area (Å²) in [4.78, 5) is 17.3. The van der Waals surface area contributed by atoms with Crippen molar-refractivity contribution >= 4 is 5.91 Å². The first-order valence-corrected chi connectivity index (χ1v) is 10.5. The van der Waals surface area contributed by atoms with E-state index in [9.17, 15) is 4.79 Å². The number of nitrogens with zero attached hydrogens (tertiary/aromatic N) is 2. The number of carbonyl (C=O) groups is 1. The number of rotatable bonds is 8. The zero-order chi connectivity index (χ0) is 19.8. The first kappa shape index (κ1) is 20.6. The molecule has 1 fully saturated rings. The van der Waals surface area contributed by atoms with Gasteiger partial charge in [0.25, 0.3) is 5.91 Å². The molecule has 2 aromatic carbocycles. The SMILES string of the molecule is CCc1ccccc1-c1ccc(C(=O)NCCCCN2CCN(C)CC2)cc1. The van der Waals surface area contributed by atoms with Crippen molar-refractivity contribution in [2.45, 2.75) is 26.2 Å². The highest BCUT2D eigenvalue weighted by molar-refractivity contribution is 5.94. The summed E-state index contributed by atoms with van der Waals surface area (Å²) in [6, 6.07) is 16.4. The lowest BCUT2D eigenvalue weighted by atomic mass is 9.97. The van der Waals surface area contributed by atoms with Crippen LogP contribution in [0.5, 0.6) is 0 Å². The summed E-state index contributed by atoms with van der Waals surface area (Å²) >= 11 is 0. The van der Waals surface area contributed by atoms with Gasteiger partial charge >= 0.3 is 0 Å². The molecule has 1 amide bonds. The topological polar surface area (TPSA) is 35.6 Å². The smallest absolute Gasteiger partial charge is 0.251 e. The maximum Gasteiger partial charge on any atom is 0.251 e. The van der Waals surface area contributed by atoms with Crippen molar-refractivity contribution < 1.29 is 4.79 Å². The van der Waals surface area contributed by atoms with E-state index in [1.807, 2.05) is 12.1 Å². The molecule has 2 aromatic rings. The minimum atomic E-state index is 0.0231. The van der Waals surface area contributed by atoms with Gasteiger partial charge in [-0.3, -0.25) is 4.79 Å². The zero-order valence-corrected chi connectivity index (χ0v) is 17.3. The second kappa shape index (κ2) is 10.4. The van der Waals surface area contributed by atoms with Crippen LogP contribution in [-0.4, -0.2) is 62.0 Å². The van der Waals surface area contributed by atoms with Crippen molar-refractivity contribution in [3.05, 3.63) is 59.7 Å². The first-order valence-electron chi connectivity index (χ1n) is 10.5. The summed E-state index contributed by atoms with van der Waals surface area (Å²) in [6.45, 7) is 8.70. The summed E-state index contributed by atoms with van der Waals surface area (Å²) in [5.41, 5.74) is 4.49. The second-order valence-corrected chi connectivity index (χ2v) is 7.70. The van der Waals surface area contributed by atoms with Gasteiger partial charge in [-0.2, -0.15) is 0 Å². The molecule has 0 radical (unpaired) electrons. The summed E-state index contributed by atoms with van der Waals surface area (Å²) in [5.74, 6) is 0.0231. The van der Waals surface area contributed by atoms with Crippen LogP contribution in [0.25, 0.3) is 11.1 Å². The highest BCUT2D eigenvalue weighted by Crippen LogP contribution is 2.24. The molecule has 1 saturated heterocycles. The van der Waals surface area contributed by atoms with Crippen LogP contribution in [0.15, 0.2) is 48.5 Å². The standard InChI is InChI=1S/C24H33N3O/c1-3-20-8-4-5-9-23(20)21-10-12-22(13-11-21)24(28)25-14-6-7-15-27-18-16-26(2)17-19-27/h4-5,8-13H,3,6-7,14-19H2,1-2H3,(H,25,28). The van der Waals surface area contributed by atoms with E-state index in [0.717, 1.165) is 64.1 Å². The van der Waals surface area contributed by atoms with Crippen molar-refractivity contribution in [3.63, 3.8) is 0 Å². The molecule has 1 aliphatic rings. The molecule has 150 valence electrons. The fraction of sp³-hybridized carbons (Fsp3) is 0.458. The number of hydrogen-bond donors (Lipinski definition) is 1. The fourth-order valence-electron chi connectivity index (χ4n) is 3.75. The molecule has 1 heterocycles. The molecule has 4 nitrogen and oxygen atoms in total. The average Bonchev–Trinajstić information content (AvgIpc) is 2.74. The number of nitrogens with one attached hydrogen (secondary N) is 1. The van der Waals surface area contributed by atoms with Gasteiger partial charge in [-0.15, -0.1) is 0 Å². The van der Waals surface area contributed by atoms with Gasteiger partial charge in [0, 0.05) is 38.3 Å². The van der Waals surface area contributed by atoms with Gasteiger partial charge in [0.1, 0.15) is 0 Å². The Kier molecular flexibility index (Phi) is 7.63. The van der Waals surface area contributed by atoms with E-state index in [0.29, 0.717) is 0 Å². The molecular weight excluding hydrogens is 346 g/mol. The molecule has 3 rings (SSSR count). The average molecular weight is 380 g/mol. The molecule has 0 bridgehead atoms. The number of likely N-dealkylation sites (N-methyl/N-ethyl adjacent to an activating group) is 1. The molecule has 0 saturated carbocycles. The Hall–Kier alpha value is -2.17. The van der Waals surface area contributed by atoms with Gasteiger partial charge in [0.2, 0.25) is 0 Å². The Bertz CT molecular complexity index is 749. The Morgan fingerprint density at radius 3 is 2.39 bits per heavy atom. The summed E-state index contributed by atoms with van der Waals surface area (Å²) < 4.78 is 0. The third-order valence-corrected chi connectivity index (χ3v) is 5.64. The minimum absolute atomic E-state index is 0.0231. The van der Waals surface area contributed by atoms with E-state index >= 15 is 0 Å². The third kappa shape index (κ3) is 5.66. The van der Waals surface area contributed by atoms with E-state index in [1.54, 1.807) is 0 Å². The molecular formula is C24H33N3O. The number of unbranched alkanes of at least 4 members (excludes halogenated alkanes) is 1. The highest BCUT2D eigenvalue weighted by atomic mass is 16.1. The third-order valence-electron chi connectivity index (χ3n) is 5.64. The van der Waals surface area contributed by atoms with Crippen LogP contribution in [0.4, 0.5) is 0 Å². The Balaban J connectivity index is 1.42. The van der Waals surface area contributed by atoms with Crippen LogP contribution in [0, 0.1) is 0 Å². The van der Waals surface area contributed by atoms with Crippen molar-refractivity contribution in [1.29, 1.82) is 0 Å². The summed E-state index contributed by atoms with van der Waals surface area (Å²) in [5, 5.41) is 3.06. The molecule has 0 aromatic heterocycles. The monoisotopic (exact) mass is 379 g/mol. The van der Waals surface area contributed by atoms with Crippen LogP contribution in [0.2, 0.25) is 0 Å². The van der Waals surface area contributed by atoms with Crippen LogP contribution < -0.4 is 5.32 Å². The lowest BCUT2D eigenvalue weighted by molar-refractivity contribution is 0.0952. The van der Waals surface area contributed by atoms with Crippen LogP contribution >= 0.6 is 0 Å². The summed E-state index contributed by atoms with van der Waals surface area (Å²) in [7, 11) is 2.18. The van der Waals surface area contributed by atoms with E-state index in [4.69, 9.17) is 0 Å². The molecule has 0 aliphatic carbocycles. The van der Waals surface area contributed by atoms with E-state index in [1.165, 1.54) is 16.7 Å². The lowest BCUT2D eigenvalue weighted by Gasteiger charge is -2.32. The number of carbonyl (C=O) groups excluding carboxylic acids is 1. The minimum Gasteiger partial charge on any atom is -0.352 e. The second-order valence-electron chi connectivity index (χ2n) is 7.70. The summed E-state index contributed by atoms with van der Waals surface area (Å²) in [6.07, 6.45) is 3.17. The number of hydrogen-bond acceptors (Lipinski definition) is 3.